The molecule has 31 heavy (non-hydrogen) atoms. The van der Waals surface area contributed by atoms with Crippen molar-refractivity contribution in [2.75, 3.05) is 64.2 Å². The predicted molar refractivity (Wildman–Crippen MR) is 121 cm³/mol. The molecule has 0 spiro atoms. The molecule has 0 atom stereocenters. The zero-order valence-electron chi connectivity index (χ0n) is 17.7. The zero-order valence-corrected chi connectivity index (χ0v) is 19.3. The average molecular weight is 466 g/mol. The third-order valence-electron chi connectivity index (χ3n) is 4.77. The smallest absolute Gasteiger partial charge is 0.230 e. The Morgan fingerprint density at radius 3 is 2.55 bits per heavy atom. The number of amides is 2. The lowest BCUT2D eigenvalue weighted by Crippen LogP contribution is -2.49. The molecule has 3 rings (SSSR count). The number of hydrogen-bond acceptors (Lipinski definition) is 9. The van der Waals surface area contributed by atoms with E-state index >= 15 is 0 Å². The number of rotatable bonds is 10. The van der Waals surface area contributed by atoms with E-state index in [1.165, 1.54) is 23.1 Å². The van der Waals surface area contributed by atoms with Crippen LogP contribution in [0.4, 0.5) is 5.13 Å². The van der Waals surface area contributed by atoms with Gasteiger partial charge < -0.3 is 24.6 Å². The van der Waals surface area contributed by atoms with Crippen LogP contribution in [0.1, 0.15) is 5.56 Å². The summed E-state index contributed by atoms with van der Waals surface area (Å²) in [7, 11) is 3.22. The van der Waals surface area contributed by atoms with E-state index in [2.05, 4.69) is 20.4 Å². The number of nitrogens with zero attached hydrogens (tertiary/aromatic N) is 4. The normalized spacial score (nSPS) is 13.9. The number of aromatic nitrogens is 2. The molecule has 1 aliphatic heterocycles. The number of hydrogen-bond donors (Lipinski definition) is 1. The van der Waals surface area contributed by atoms with E-state index in [1.54, 1.807) is 14.2 Å². The number of anilines is 1. The lowest BCUT2D eigenvalue weighted by Gasteiger charge is -2.34. The molecule has 0 radical (unpaired) electrons. The Kier molecular flexibility index (Phi) is 8.92. The fourth-order valence-electron chi connectivity index (χ4n) is 3.04. The molecule has 0 bridgehead atoms. The van der Waals surface area contributed by atoms with E-state index in [0.29, 0.717) is 51.5 Å². The highest BCUT2D eigenvalue weighted by Crippen LogP contribution is 2.28. The molecule has 1 N–H and O–H groups in total. The highest BCUT2D eigenvalue weighted by Gasteiger charge is 2.23. The number of thioether (sulfide) groups is 1. The lowest BCUT2D eigenvalue weighted by molar-refractivity contribution is -0.130. The largest absolute Gasteiger partial charge is 0.497 e. The molecule has 0 saturated carbocycles. The summed E-state index contributed by atoms with van der Waals surface area (Å²) in [5.74, 6) is 1.15. The summed E-state index contributed by atoms with van der Waals surface area (Å²) < 4.78 is 10.8. The standard InChI is InChI=1S/C20H27N5O4S2/c1-28-12-7-21-17(26)14-30-20-23-22-19(31-20)25-10-8-24(9-11-25)18(27)13-15-3-5-16(29-2)6-4-15/h3-6H,7-14H2,1-2H3,(H,21,26). The van der Waals surface area contributed by atoms with Gasteiger partial charge in [0.25, 0.3) is 0 Å². The van der Waals surface area contributed by atoms with Gasteiger partial charge in [-0.15, -0.1) is 10.2 Å². The lowest BCUT2D eigenvalue weighted by atomic mass is 10.1. The molecule has 2 aromatic rings. The Labute approximate surface area is 190 Å². The van der Waals surface area contributed by atoms with Gasteiger partial charge in [-0.25, -0.2) is 0 Å². The molecule has 9 nitrogen and oxygen atoms in total. The predicted octanol–water partition coefficient (Wildman–Crippen LogP) is 1.29. The summed E-state index contributed by atoms with van der Waals surface area (Å²) in [6, 6.07) is 7.58. The van der Waals surface area contributed by atoms with Gasteiger partial charge >= 0.3 is 0 Å². The average Bonchev–Trinajstić information content (AvgIpc) is 3.27. The first-order valence-corrected chi connectivity index (χ1v) is 11.8. The van der Waals surface area contributed by atoms with Crippen molar-refractivity contribution in [2.24, 2.45) is 0 Å². The molecule has 1 aromatic carbocycles. The second kappa shape index (κ2) is 11.9. The van der Waals surface area contributed by atoms with Gasteiger partial charge in [-0.05, 0) is 17.7 Å². The molecule has 2 amide bonds. The topological polar surface area (TPSA) is 96.9 Å². The van der Waals surface area contributed by atoms with Gasteiger partial charge in [0.1, 0.15) is 5.75 Å². The first kappa shape index (κ1) is 23.3. The van der Waals surface area contributed by atoms with Crippen molar-refractivity contribution < 1.29 is 19.1 Å². The fraction of sp³-hybridized carbons (Fsp3) is 0.500. The van der Waals surface area contributed by atoms with Gasteiger partial charge in [0.2, 0.25) is 16.9 Å². The summed E-state index contributed by atoms with van der Waals surface area (Å²) in [6.07, 6.45) is 0.385. The molecule has 1 aromatic heterocycles. The van der Waals surface area contributed by atoms with Crippen LogP contribution >= 0.6 is 23.1 Å². The van der Waals surface area contributed by atoms with E-state index in [0.717, 1.165) is 20.8 Å². The number of benzene rings is 1. The minimum Gasteiger partial charge on any atom is -0.497 e. The highest BCUT2D eigenvalue weighted by molar-refractivity contribution is 8.01. The molecule has 1 fully saturated rings. The minimum absolute atomic E-state index is 0.0530. The Morgan fingerprint density at radius 2 is 1.87 bits per heavy atom. The van der Waals surface area contributed by atoms with Gasteiger partial charge in [0.15, 0.2) is 4.34 Å². The second-order valence-corrected chi connectivity index (χ2v) is 9.05. The van der Waals surface area contributed by atoms with Crippen LogP contribution < -0.4 is 15.0 Å². The zero-order chi connectivity index (χ0) is 22.1. The van der Waals surface area contributed by atoms with Crippen LogP contribution in [0, 0.1) is 0 Å². The summed E-state index contributed by atoms with van der Waals surface area (Å²) >= 11 is 2.84. The first-order chi connectivity index (χ1) is 15.1. The van der Waals surface area contributed by atoms with Crippen molar-refractivity contribution in [3.63, 3.8) is 0 Å². The Morgan fingerprint density at radius 1 is 1.13 bits per heavy atom. The molecule has 1 saturated heterocycles. The van der Waals surface area contributed by atoms with E-state index in [-0.39, 0.29) is 11.8 Å². The molecule has 11 heteroatoms. The number of nitrogens with one attached hydrogen (secondary N) is 1. The summed E-state index contributed by atoms with van der Waals surface area (Å²) in [4.78, 5) is 28.4. The molecule has 0 aliphatic carbocycles. The number of ether oxygens (including phenoxy) is 2. The van der Waals surface area contributed by atoms with E-state index in [4.69, 9.17) is 9.47 Å². The monoisotopic (exact) mass is 465 g/mol. The number of methoxy groups -OCH3 is 2. The maximum absolute atomic E-state index is 12.6. The number of piperazine rings is 1. The molecular weight excluding hydrogens is 438 g/mol. The maximum Gasteiger partial charge on any atom is 0.230 e. The highest BCUT2D eigenvalue weighted by atomic mass is 32.2. The summed E-state index contributed by atoms with van der Waals surface area (Å²) in [5.41, 5.74) is 0.977. The quantitative estimate of drug-likeness (QED) is 0.414. The molecule has 168 valence electrons. The Bertz CT molecular complexity index is 854. The minimum atomic E-state index is -0.0530. The van der Waals surface area contributed by atoms with Gasteiger partial charge in [0.05, 0.1) is 25.9 Å². The van der Waals surface area contributed by atoms with Crippen LogP contribution in [0.3, 0.4) is 0 Å². The Balaban J connectivity index is 1.42. The van der Waals surface area contributed by atoms with Crippen LogP contribution in [-0.2, 0) is 20.7 Å². The fourth-order valence-corrected chi connectivity index (χ4v) is 4.76. The van der Waals surface area contributed by atoms with Crippen LogP contribution in [0.15, 0.2) is 28.6 Å². The number of carbonyl (C=O) groups is 2. The maximum atomic E-state index is 12.6. The third-order valence-corrected chi connectivity index (χ3v) is 6.89. The van der Waals surface area contributed by atoms with Gasteiger partial charge in [-0.3, -0.25) is 9.59 Å². The van der Waals surface area contributed by atoms with E-state index in [1.807, 2.05) is 29.2 Å². The van der Waals surface area contributed by atoms with Crippen LogP contribution in [0.25, 0.3) is 0 Å². The van der Waals surface area contributed by atoms with Crippen molar-refractivity contribution in [3.8, 4) is 5.75 Å². The van der Waals surface area contributed by atoms with Crippen LogP contribution in [-0.4, -0.2) is 86.2 Å². The molecule has 2 heterocycles. The first-order valence-electron chi connectivity index (χ1n) is 9.96. The van der Waals surface area contributed by atoms with Gasteiger partial charge in [-0.2, -0.15) is 0 Å². The van der Waals surface area contributed by atoms with Gasteiger partial charge in [-0.1, -0.05) is 35.2 Å². The van der Waals surface area contributed by atoms with E-state index < -0.39 is 0 Å². The molecule has 0 unspecified atom stereocenters. The van der Waals surface area contributed by atoms with Crippen molar-refractivity contribution in [1.82, 2.24) is 20.4 Å². The van der Waals surface area contributed by atoms with Gasteiger partial charge in [0, 0.05) is 39.8 Å². The summed E-state index contributed by atoms with van der Waals surface area (Å²) in [5, 5.41) is 12.0. The van der Waals surface area contributed by atoms with Crippen LogP contribution in [0.2, 0.25) is 0 Å². The van der Waals surface area contributed by atoms with Crippen LogP contribution in [0.5, 0.6) is 5.75 Å². The number of carbonyl (C=O) groups excluding carboxylic acids is 2. The second-order valence-electron chi connectivity index (χ2n) is 6.87. The van der Waals surface area contributed by atoms with Crippen molar-refractivity contribution in [3.05, 3.63) is 29.8 Å². The van der Waals surface area contributed by atoms with Crippen molar-refractivity contribution in [2.45, 2.75) is 10.8 Å². The van der Waals surface area contributed by atoms with E-state index in [9.17, 15) is 9.59 Å². The SMILES string of the molecule is COCCNC(=O)CSc1nnc(N2CCN(C(=O)Cc3ccc(OC)cc3)CC2)s1. The Hall–Kier alpha value is -2.37. The summed E-state index contributed by atoms with van der Waals surface area (Å²) in [6.45, 7) is 3.72. The molecular formula is C20H27N5O4S2. The third kappa shape index (κ3) is 7.08. The van der Waals surface area contributed by atoms with Crippen molar-refractivity contribution in [1.29, 1.82) is 0 Å². The van der Waals surface area contributed by atoms with Crippen molar-refractivity contribution >= 4 is 40.0 Å². The molecule has 1 aliphatic rings.